The number of ether oxygens (including phenoxy) is 2. The molecule has 3 aliphatic heterocycles. The van der Waals surface area contributed by atoms with Crippen molar-refractivity contribution in [3.63, 3.8) is 0 Å². The molecule has 46 heavy (non-hydrogen) atoms. The number of hydrogen-bond acceptors (Lipinski definition) is 10. The monoisotopic (exact) mass is 646 g/mol. The van der Waals surface area contributed by atoms with Crippen LogP contribution in [0.1, 0.15) is 42.9 Å². The zero-order valence-corrected chi connectivity index (χ0v) is 25.9. The Morgan fingerprint density at radius 3 is 2.50 bits per heavy atom. The number of anilines is 2. The van der Waals surface area contributed by atoms with Crippen LogP contribution in [0.3, 0.4) is 0 Å². The van der Waals surface area contributed by atoms with Crippen LogP contribution in [0.4, 0.5) is 33.5 Å². The van der Waals surface area contributed by atoms with E-state index in [0.717, 1.165) is 18.9 Å². The van der Waals surface area contributed by atoms with E-state index in [1.54, 1.807) is 13.0 Å². The Labute approximate surface area is 262 Å². The van der Waals surface area contributed by atoms with Gasteiger partial charge in [-0.1, -0.05) is 6.92 Å². The summed E-state index contributed by atoms with van der Waals surface area (Å²) in [5.41, 5.74) is 0.621. The van der Waals surface area contributed by atoms with Crippen LogP contribution in [0.15, 0.2) is 6.07 Å². The highest BCUT2D eigenvalue weighted by atomic mass is 19.4. The van der Waals surface area contributed by atoms with E-state index >= 15 is 8.78 Å². The third-order valence-corrected chi connectivity index (χ3v) is 9.29. The van der Waals surface area contributed by atoms with Crippen LogP contribution in [0.2, 0.25) is 0 Å². The third-order valence-electron chi connectivity index (χ3n) is 9.29. The number of nitrogens with two attached hydrogens (primary N) is 1. The molecule has 0 radical (unpaired) electrons. The van der Waals surface area contributed by atoms with Crippen molar-refractivity contribution in [2.75, 3.05) is 57.6 Å². The summed E-state index contributed by atoms with van der Waals surface area (Å²) in [6.45, 7) is 4.80. The zero-order chi connectivity index (χ0) is 33.1. The van der Waals surface area contributed by atoms with E-state index < -0.39 is 51.5 Å². The number of benzene rings is 1. The van der Waals surface area contributed by atoms with E-state index in [1.165, 1.54) is 14.0 Å². The number of nitriles is 1. The van der Waals surface area contributed by atoms with Crippen molar-refractivity contribution in [1.29, 1.82) is 5.26 Å². The van der Waals surface area contributed by atoms with Crippen molar-refractivity contribution < 1.29 is 31.4 Å². The summed E-state index contributed by atoms with van der Waals surface area (Å²) < 4.78 is 86.9. The zero-order valence-electron chi connectivity index (χ0n) is 25.9. The number of likely N-dealkylation sites (tertiary alicyclic amines) is 1. The minimum atomic E-state index is -4.98. The molecule has 3 aliphatic rings. The van der Waals surface area contributed by atoms with Gasteiger partial charge in [0.1, 0.15) is 41.3 Å². The summed E-state index contributed by atoms with van der Waals surface area (Å²) in [5, 5.41) is 13.4. The fourth-order valence-corrected chi connectivity index (χ4v) is 7.09. The molecule has 6 rings (SSSR count). The van der Waals surface area contributed by atoms with Gasteiger partial charge in [0.05, 0.1) is 23.9 Å². The number of alkyl halides is 4. The van der Waals surface area contributed by atoms with Crippen molar-refractivity contribution in [2.24, 2.45) is 5.41 Å². The average Bonchev–Trinajstić information content (AvgIpc) is 3.34. The number of nitrogens with one attached hydrogen (secondary N) is 1. The number of fused-ring (bicyclic) bond motifs is 3. The highest BCUT2D eigenvalue weighted by molar-refractivity contribution is 5.97. The number of aromatic nitrogens is 3. The number of hydrogen-bond donors (Lipinski definition) is 2. The Morgan fingerprint density at radius 1 is 1.17 bits per heavy atom. The Kier molecular flexibility index (Phi) is 8.08. The molecule has 3 fully saturated rings. The molecule has 2 bridgehead atoms. The lowest BCUT2D eigenvalue weighted by Gasteiger charge is -2.40. The molecule has 5 heterocycles. The van der Waals surface area contributed by atoms with E-state index in [2.05, 4.69) is 20.3 Å². The first kappa shape index (κ1) is 31.9. The molecule has 2 aromatic heterocycles. The van der Waals surface area contributed by atoms with Gasteiger partial charge in [-0.2, -0.15) is 28.4 Å². The van der Waals surface area contributed by atoms with Crippen molar-refractivity contribution in [1.82, 2.24) is 25.2 Å². The molecule has 0 aliphatic carbocycles. The van der Waals surface area contributed by atoms with Gasteiger partial charge in [0, 0.05) is 49.2 Å². The SMILES string of the molecule is COc1nc(-c2c(C#N)c(N)cc(C)c2C(F)(F)F)c(F)c2nc(OC[C@]3(C)CN(C)CC[C@H]3F)nc(N3C[C@H]4CC[C@@H](C3)N4)c12. The van der Waals surface area contributed by atoms with E-state index in [0.29, 0.717) is 32.6 Å². The number of piperazine rings is 1. The number of methoxy groups -OCH3 is 1. The van der Waals surface area contributed by atoms with Crippen LogP contribution < -0.4 is 25.4 Å². The minimum absolute atomic E-state index is 0.0390. The maximum atomic E-state index is 16.8. The standard InChI is InChI=1S/C31H35F5N8O2/c1-15-9-19(38)18(10-37)21(23(15)31(34,35)36)25-24(33)26-22(28(40-25)45-4)27(44-11-16-5-6-17(12-44)39-16)42-29(41-26)46-14-30(2)13-43(3)8-7-20(30)32/h9,16-17,20,39H,5-8,11-14,38H2,1-4H3/t16-,17+,20-,30+/m1/s1. The molecule has 1 aromatic carbocycles. The van der Waals surface area contributed by atoms with Gasteiger partial charge in [-0.15, -0.1) is 0 Å². The van der Waals surface area contributed by atoms with E-state index in [9.17, 15) is 18.4 Å². The maximum Gasteiger partial charge on any atom is 0.417 e. The highest BCUT2D eigenvalue weighted by Crippen LogP contribution is 2.46. The molecule has 4 atom stereocenters. The van der Waals surface area contributed by atoms with Crippen molar-refractivity contribution in [3.05, 3.63) is 28.6 Å². The number of nitrogen functional groups attached to an aromatic ring is 1. The first-order valence-corrected chi connectivity index (χ1v) is 15.1. The summed E-state index contributed by atoms with van der Waals surface area (Å²) in [4.78, 5) is 17.1. The van der Waals surface area contributed by atoms with Crippen LogP contribution in [0.25, 0.3) is 22.2 Å². The molecule has 10 nitrogen and oxygen atoms in total. The molecule has 0 unspecified atom stereocenters. The Morgan fingerprint density at radius 2 is 1.87 bits per heavy atom. The van der Waals surface area contributed by atoms with Crippen molar-refractivity contribution in [2.45, 2.75) is 57.5 Å². The number of pyridine rings is 1. The fraction of sp³-hybridized carbons (Fsp3) is 0.548. The van der Waals surface area contributed by atoms with Gasteiger partial charge in [0.25, 0.3) is 0 Å². The molecule has 0 saturated carbocycles. The first-order valence-electron chi connectivity index (χ1n) is 15.1. The normalized spacial score (nSPS) is 25.1. The van der Waals surface area contributed by atoms with Gasteiger partial charge < -0.3 is 30.3 Å². The molecule has 3 N–H and O–H groups in total. The first-order chi connectivity index (χ1) is 21.7. The van der Waals surface area contributed by atoms with Crippen molar-refractivity contribution in [3.8, 4) is 29.2 Å². The molecule has 3 aromatic rings. The van der Waals surface area contributed by atoms with Gasteiger partial charge in [0.15, 0.2) is 5.82 Å². The summed E-state index contributed by atoms with van der Waals surface area (Å²) in [6.07, 6.45) is -3.98. The number of piperidine rings is 1. The van der Waals surface area contributed by atoms with Crippen molar-refractivity contribution >= 4 is 22.4 Å². The lowest BCUT2D eigenvalue weighted by molar-refractivity contribution is -0.137. The van der Waals surface area contributed by atoms with Crippen LogP contribution in [0.5, 0.6) is 11.9 Å². The van der Waals surface area contributed by atoms with Gasteiger partial charge >= 0.3 is 12.2 Å². The average molecular weight is 647 g/mol. The number of aryl methyl sites for hydroxylation is 1. The second-order valence-electron chi connectivity index (χ2n) is 12.8. The van der Waals surface area contributed by atoms with Crippen LogP contribution >= 0.6 is 0 Å². The second kappa shape index (κ2) is 11.6. The predicted molar refractivity (Wildman–Crippen MR) is 161 cm³/mol. The Balaban J connectivity index is 1.58. The third kappa shape index (κ3) is 5.51. The Hall–Kier alpha value is -4.03. The van der Waals surface area contributed by atoms with Crippen LogP contribution in [-0.4, -0.2) is 85.1 Å². The van der Waals surface area contributed by atoms with Gasteiger partial charge in [-0.3, -0.25) is 0 Å². The number of halogens is 5. The van der Waals surface area contributed by atoms with Gasteiger partial charge in [0.2, 0.25) is 5.88 Å². The minimum Gasteiger partial charge on any atom is -0.480 e. The largest absolute Gasteiger partial charge is 0.480 e. The van der Waals surface area contributed by atoms with E-state index in [-0.39, 0.29) is 53.0 Å². The summed E-state index contributed by atoms with van der Waals surface area (Å²) in [7, 11) is 3.13. The predicted octanol–water partition coefficient (Wildman–Crippen LogP) is 4.62. The van der Waals surface area contributed by atoms with E-state index in [1.807, 2.05) is 16.8 Å². The quantitative estimate of drug-likeness (QED) is 0.290. The number of rotatable bonds is 6. The van der Waals surface area contributed by atoms with Gasteiger partial charge in [-0.05, 0) is 44.9 Å². The lowest BCUT2D eigenvalue weighted by Crippen LogP contribution is -2.51. The molecule has 0 amide bonds. The maximum absolute atomic E-state index is 16.8. The second-order valence-corrected chi connectivity index (χ2v) is 12.8. The summed E-state index contributed by atoms with van der Waals surface area (Å²) in [6, 6.07) is 2.72. The van der Waals surface area contributed by atoms with Crippen LogP contribution in [-0.2, 0) is 6.18 Å². The van der Waals surface area contributed by atoms with E-state index in [4.69, 9.17) is 15.2 Å². The molecular weight excluding hydrogens is 611 g/mol. The molecule has 15 heteroatoms. The van der Waals surface area contributed by atoms with Gasteiger partial charge in [-0.25, -0.2) is 13.8 Å². The topological polar surface area (TPSA) is 125 Å². The summed E-state index contributed by atoms with van der Waals surface area (Å²) in [5.74, 6) is -1.24. The lowest BCUT2D eigenvalue weighted by atomic mass is 9.81. The fourth-order valence-electron chi connectivity index (χ4n) is 7.09. The summed E-state index contributed by atoms with van der Waals surface area (Å²) >= 11 is 0. The smallest absolute Gasteiger partial charge is 0.417 e. The van der Waals surface area contributed by atoms with Crippen LogP contribution in [0, 0.1) is 29.5 Å². The molecule has 0 spiro atoms. The molecule has 246 valence electrons. The Bertz CT molecular complexity index is 1720. The molecular formula is C31H35F5N8O2. The highest BCUT2D eigenvalue weighted by Gasteiger charge is 2.42. The number of nitrogens with zero attached hydrogens (tertiary/aromatic N) is 6. The molecule has 3 saturated heterocycles.